The molecule has 0 aliphatic carbocycles. The molecule has 1 aromatic carbocycles. The van der Waals surface area contributed by atoms with Crippen LogP contribution < -0.4 is 0 Å². The maximum absolute atomic E-state index is 13.3. The van der Waals surface area contributed by atoms with Crippen molar-refractivity contribution in [1.82, 2.24) is 4.90 Å². The predicted molar refractivity (Wildman–Crippen MR) is 65.9 cm³/mol. The number of nitrogens with zero attached hydrogens (tertiary/aromatic N) is 1. The average molecular weight is 288 g/mol. The third kappa shape index (κ3) is 2.82. The van der Waals surface area contributed by atoms with Gasteiger partial charge in [0, 0.05) is 18.2 Å². The summed E-state index contributed by atoms with van der Waals surface area (Å²) in [7, 11) is 0. The number of carbonyl (C=O) groups is 1. The van der Waals surface area contributed by atoms with Gasteiger partial charge in [0.05, 0.1) is 4.47 Å². The van der Waals surface area contributed by atoms with Gasteiger partial charge in [0.25, 0.3) is 5.91 Å². The zero-order valence-electron chi connectivity index (χ0n) is 9.63. The van der Waals surface area contributed by atoms with E-state index >= 15 is 0 Å². The van der Waals surface area contributed by atoms with Crippen molar-refractivity contribution < 1.29 is 9.18 Å². The second-order valence-electron chi connectivity index (χ2n) is 3.81. The third-order valence-electron chi connectivity index (χ3n) is 2.39. The highest BCUT2D eigenvalue weighted by Crippen LogP contribution is 2.18. The fourth-order valence-electron chi connectivity index (χ4n) is 1.54. The number of benzene rings is 1. The fourth-order valence-corrected chi connectivity index (χ4v) is 1.78. The van der Waals surface area contributed by atoms with E-state index < -0.39 is 5.82 Å². The molecular formula is C12H15BrFNO. The van der Waals surface area contributed by atoms with Gasteiger partial charge in [0.1, 0.15) is 5.82 Å². The van der Waals surface area contributed by atoms with Gasteiger partial charge in [-0.3, -0.25) is 4.79 Å². The Kier molecular flexibility index (Phi) is 4.47. The number of amides is 1. The van der Waals surface area contributed by atoms with E-state index in [-0.39, 0.29) is 11.9 Å². The van der Waals surface area contributed by atoms with Gasteiger partial charge in [-0.05, 0) is 54.9 Å². The van der Waals surface area contributed by atoms with Crippen LogP contribution in [0.2, 0.25) is 0 Å². The van der Waals surface area contributed by atoms with Crippen LogP contribution in [0, 0.1) is 5.82 Å². The molecule has 1 aromatic rings. The van der Waals surface area contributed by atoms with E-state index in [9.17, 15) is 9.18 Å². The summed E-state index contributed by atoms with van der Waals surface area (Å²) in [4.78, 5) is 13.7. The van der Waals surface area contributed by atoms with Crippen LogP contribution in [0.25, 0.3) is 0 Å². The molecule has 2 nitrogen and oxygen atoms in total. The normalized spacial score (nSPS) is 10.6. The largest absolute Gasteiger partial charge is 0.337 e. The molecule has 4 heteroatoms. The van der Waals surface area contributed by atoms with E-state index in [1.54, 1.807) is 17.0 Å². The zero-order valence-corrected chi connectivity index (χ0v) is 11.2. The van der Waals surface area contributed by atoms with Crippen LogP contribution in [0.15, 0.2) is 22.7 Å². The van der Waals surface area contributed by atoms with Gasteiger partial charge in [0.2, 0.25) is 0 Å². The van der Waals surface area contributed by atoms with Gasteiger partial charge in [0.15, 0.2) is 0 Å². The Morgan fingerprint density at radius 1 is 1.50 bits per heavy atom. The molecule has 16 heavy (non-hydrogen) atoms. The first kappa shape index (κ1) is 13.2. The SMILES string of the molecule is CCN(C(=O)c1ccc(Br)c(F)c1)C(C)C. The summed E-state index contributed by atoms with van der Waals surface area (Å²) in [6.45, 7) is 6.41. The molecular weight excluding hydrogens is 273 g/mol. The van der Waals surface area contributed by atoms with Crippen LogP contribution in [-0.4, -0.2) is 23.4 Å². The lowest BCUT2D eigenvalue weighted by Crippen LogP contribution is -2.36. The molecule has 0 saturated heterocycles. The molecule has 88 valence electrons. The molecule has 1 rings (SSSR count). The van der Waals surface area contributed by atoms with Crippen molar-refractivity contribution in [2.45, 2.75) is 26.8 Å². The van der Waals surface area contributed by atoms with Crippen molar-refractivity contribution in [2.24, 2.45) is 0 Å². The second-order valence-corrected chi connectivity index (χ2v) is 4.67. The maximum Gasteiger partial charge on any atom is 0.254 e. The summed E-state index contributed by atoms with van der Waals surface area (Å²) in [6, 6.07) is 4.55. The van der Waals surface area contributed by atoms with E-state index in [4.69, 9.17) is 0 Å². The minimum atomic E-state index is -0.411. The van der Waals surface area contributed by atoms with Gasteiger partial charge in [-0.15, -0.1) is 0 Å². The van der Waals surface area contributed by atoms with Crippen molar-refractivity contribution in [3.05, 3.63) is 34.1 Å². The first-order valence-corrected chi connectivity index (χ1v) is 6.02. The molecule has 0 saturated carbocycles. The first-order valence-electron chi connectivity index (χ1n) is 5.23. The molecule has 0 aliphatic rings. The van der Waals surface area contributed by atoms with Crippen molar-refractivity contribution in [3.63, 3.8) is 0 Å². The molecule has 0 atom stereocenters. The van der Waals surface area contributed by atoms with Gasteiger partial charge in [-0.2, -0.15) is 0 Å². The van der Waals surface area contributed by atoms with Crippen LogP contribution >= 0.6 is 15.9 Å². The summed E-state index contributed by atoms with van der Waals surface area (Å²) in [5, 5.41) is 0. The lowest BCUT2D eigenvalue weighted by atomic mass is 10.1. The van der Waals surface area contributed by atoms with Crippen molar-refractivity contribution in [3.8, 4) is 0 Å². The quantitative estimate of drug-likeness (QED) is 0.834. The molecule has 0 heterocycles. The molecule has 0 N–H and O–H groups in total. The van der Waals surface area contributed by atoms with Crippen molar-refractivity contribution >= 4 is 21.8 Å². The molecule has 0 spiro atoms. The summed E-state index contributed by atoms with van der Waals surface area (Å²) < 4.78 is 13.7. The first-order chi connectivity index (χ1) is 7.47. The van der Waals surface area contributed by atoms with Crippen LogP contribution in [0.3, 0.4) is 0 Å². The lowest BCUT2D eigenvalue weighted by molar-refractivity contribution is 0.0716. The minimum Gasteiger partial charge on any atom is -0.337 e. The Morgan fingerprint density at radius 3 is 2.56 bits per heavy atom. The van der Waals surface area contributed by atoms with Crippen LogP contribution in [-0.2, 0) is 0 Å². The Morgan fingerprint density at radius 2 is 2.12 bits per heavy atom. The van der Waals surface area contributed by atoms with Crippen molar-refractivity contribution in [1.29, 1.82) is 0 Å². The highest BCUT2D eigenvalue weighted by molar-refractivity contribution is 9.10. The summed E-state index contributed by atoms with van der Waals surface area (Å²) >= 11 is 3.06. The lowest BCUT2D eigenvalue weighted by Gasteiger charge is -2.25. The number of rotatable bonds is 3. The summed E-state index contributed by atoms with van der Waals surface area (Å²) in [6.07, 6.45) is 0. The van der Waals surface area contributed by atoms with Crippen LogP contribution in [0.1, 0.15) is 31.1 Å². The monoisotopic (exact) mass is 287 g/mol. The fraction of sp³-hybridized carbons (Fsp3) is 0.417. The average Bonchev–Trinajstić information content (AvgIpc) is 2.22. The van der Waals surface area contributed by atoms with Crippen LogP contribution in [0.4, 0.5) is 4.39 Å². The van der Waals surface area contributed by atoms with Gasteiger partial charge >= 0.3 is 0 Å². The van der Waals surface area contributed by atoms with Crippen molar-refractivity contribution in [2.75, 3.05) is 6.54 Å². The third-order valence-corrected chi connectivity index (χ3v) is 3.03. The number of carbonyl (C=O) groups excluding carboxylic acids is 1. The maximum atomic E-state index is 13.3. The molecule has 1 amide bonds. The number of halogens is 2. The smallest absolute Gasteiger partial charge is 0.254 e. The molecule has 0 aromatic heterocycles. The minimum absolute atomic E-state index is 0.115. The van der Waals surface area contributed by atoms with E-state index in [2.05, 4.69) is 15.9 Å². The molecule has 0 fully saturated rings. The summed E-state index contributed by atoms with van der Waals surface area (Å²) in [5.41, 5.74) is 0.385. The Hall–Kier alpha value is -0.900. The topological polar surface area (TPSA) is 20.3 Å². The number of hydrogen-bond acceptors (Lipinski definition) is 1. The molecule has 0 unspecified atom stereocenters. The molecule has 0 aliphatic heterocycles. The second kappa shape index (κ2) is 5.43. The molecule has 0 bridgehead atoms. The van der Waals surface area contributed by atoms with Crippen LogP contribution in [0.5, 0.6) is 0 Å². The highest BCUT2D eigenvalue weighted by Gasteiger charge is 2.17. The zero-order chi connectivity index (χ0) is 12.3. The standard InChI is InChI=1S/C12H15BrFNO/c1-4-15(8(2)3)12(16)9-5-6-10(13)11(14)7-9/h5-8H,4H2,1-3H3. The highest BCUT2D eigenvalue weighted by atomic mass is 79.9. The summed E-state index contributed by atoms with van der Waals surface area (Å²) in [5.74, 6) is -0.547. The van der Waals surface area contributed by atoms with E-state index in [1.165, 1.54) is 6.07 Å². The Balaban J connectivity index is 2.99. The number of hydrogen-bond donors (Lipinski definition) is 0. The Labute approximate surface area is 104 Å². The van der Waals surface area contributed by atoms with Gasteiger partial charge in [-0.25, -0.2) is 4.39 Å². The van der Waals surface area contributed by atoms with Gasteiger partial charge < -0.3 is 4.90 Å². The van der Waals surface area contributed by atoms with E-state index in [0.29, 0.717) is 16.6 Å². The van der Waals surface area contributed by atoms with E-state index in [1.807, 2.05) is 20.8 Å². The van der Waals surface area contributed by atoms with Gasteiger partial charge in [-0.1, -0.05) is 0 Å². The molecule has 0 radical (unpaired) electrons. The Bertz CT molecular complexity index is 393. The predicted octanol–water partition coefficient (Wildman–Crippen LogP) is 3.46. The van der Waals surface area contributed by atoms with E-state index in [0.717, 1.165) is 0 Å².